The molecule has 1 unspecified atom stereocenters. The molecule has 1 amide bonds. The van der Waals surface area contributed by atoms with E-state index in [1.807, 2.05) is 0 Å². The van der Waals surface area contributed by atoms with Crippen molar-refractivity contribution in [1.29, 1.82) is 0 Å². The molecule has 2 rings (SSSR count). The molecule has 32 heavy (non-hydrogen) atoms. The molecule has 1 N–H and O–H groups in total. The van der Waals surface area contributed by atoms with Crippen LogP contribution in [0.3, 0.4) is 0 Å². The zero-order valence-corrected chi connectivity index (χ0v) is 18.9. The van der Waals surface area contributed by atoms with E-state index in [4.69, 9.17) is 4.74 Å². The lowest BCUT2D eigenvalue weighted by atomic mass is 10.1. The molecule has 0 aliphatic carbocycles. The fraction of sp³-hybridized carbons (Fsp3) is 0.304. The zero-order chi connectivity index (χ0) is 23.7. The molecule has 7 nitrogen and oxygen atoms in total. The van der Waals surface area contributed by atoms with Gasteiger partial charge in [-0.05, 0) is 38.0 Å². The predicted octanol–water partition coefficient (Wildman–Crippen LogP) is 2.68. The average Bonchev–Trinajstić information content (AvgIpc) is 2.75. The molecule has 2 aromatic carbocycles. The number of hydrogen-bond acceptors (Lipinski definition) is 5. The molecular formula is C23H27FN2O5S. The van der Waals surface area contributed by atoms with Crippen LogP contribution >= 0.6 is 0 Å². The van der Waals surface area contributed by atoms with Crippen molar-refractivity contribution in [3.63, 3.8) is 0 Å². The number of carbonyl (C=O) groups is 2. The minimum absolute atomic E-state index is 0.0369. The van der Waals surface area contributed by atoms with Crippen molar-refractivity contribution in [2.45, 2.75) is 31.2 Å². The fourth-order valence-electron chi connectivity index (χ4n) is 2.96. The molecule has 0 saturated carbocycles. The minimum atomic E-state index is -4.36. The van der Waals surface area contributed by atoms with Crippen molar-refractivity contribution in [1.82, 2.24) is 9.62 Å². The van der Waals surface area contributed by atoms with Gasteiger partial charge in [-0.15, -0.1) is 0 Å². The van der Waals surface area contributed by atoms with Gasteiger partial charge in [0, 0.05) is 13.1 Å². The number of esters is 1. The molecule has 0 fully saturated rings. The summed E-state index contributed by atoms with van der Waals surface area (Å²) in [5.74, 6) is -2.31. The topological polar surface area (TPSA) is 92.8 Å². The molecule has 1 atom stereocenters. The first-order valence-corrected chi connectivity index (χ1v) is 11.5. The summed E-state index contributed by atoms with van der Waals surface area (Å²) in [5.41, 5.74) is 1.43. The van der Waals surface area contributed by atoms with Crippen LogP contribution in [0.25, 0.3) is 0 Å². The van der Waals surface area contributed by atoms with Crippen LogP contribution < -0.4 is 4.72 Å². The minimum Gasteiger partial charge on any atom is -0.454 e. The number of nitrogens with one attached hydrogen (secondary N) is 1. The number of amides is 1. The summed E-state index contributed by atoms with van der Waals surface area (Å²) >= 11 is 0. The zero-order valence-electron chi connectivity index (χ0n) is 18.1. The first-order valence-electron chi connectivity index (χ1n) is 10.0. The molecular weight excluding hydrogens is 435 g/mol. The summed E-state index contributed by atoms with van der Waals surface area (Å²) in [6.07, 6.45) is -0.0369. The van der Waals surface area contributed by atoms with E-state index >= 15 is 0 Å². The third-order valence-electron chi connectivity index (χ3n) is 4.52. The summed E-state index contributed by atoms with van der Waals surface area (Å²) < 4.78 is 46.9. The monoisotopic (exact) mass is 462 g/mol. The Morgan fingerprint density at radius 2 is 1.75 bits per heavy atom. The van der Waals surface area contributed by atoms with Crippen molar-refractivity contribution in [2.75, 3.05) is 19.7 Å². The third-order valence-corrected chi connectivity index (χ3v) is 6.03. The smallest absolute Gasteiger partial charge is 0.325 e. The Balaban J connectivity index is 2.19. The van der Waals surface area contributed by atoms with Crippen LogP contribution in [0.2, 0.25) is 0 Å². The van der Waals surface area contributed by atoms with E-state index in [0.29, 0.717) is 18.7 Å². The average molecular weight is 463 g/mol. The molecule has 0 aliphatic heterocycles. The summed E-state index contributed by atoms with van der Waals surface area (Å²) in [6, 6.07) is 12.2. The molecule has 0 radical (unpaired) electrons. The van der Waals surface area contributed by atoms with Crippen molar-refractivity contribution in [3.05, 3.63) is 78.1 Å². The molecule has 2 aromatic rings. The second kappa shape index (κ2) is 11.5. The van der Waals surface area contributed by atoms with Crippen LogP contribution in [0.1, 0.15) is 19.4 Å². The summed E-state index contributed by atoms with van der Waals surface area (Å²) in [4.78, 5) is 26.0. The Labute approximate surface area is 187 Å². The number of ether oxygens (including phenoxy) is 1. The number of nitrogens with zero attached hydrogens (tertiary/aromatic N) is 1. The van der Waals surface area contributed by atoms with Gasteiger partial charge in [0.25, 0.3) is 5.91 Å². The van der Waals surface area contributed by atoms with Gasteiger partial charge >= 0.3 is 5.97 Å². The quantitative estimate of drug-likeness (QED) is 0.409. The van der Waals surface area contributed by atoms with E-state index in [9.17, 15) is 22.4 Å². The highest BCUT2D eigenvalue weighted by Gasteiger charge is 2.29. The number of halogens is 1. The first kappa shape index (κ1) is 25.2. The Hall–Kier alpha value is -3.04. The van der Waals surface area contributed by atoms with Crippen molar-refractivity contribution in [2.24, 2.45) is 0 Å². The number of likely N-dealkylation sites (N-methyl/N-ethyl adjacent to an activating group) is 1. The number of rotatable bonds is 11. The van der Waals surface area contributed by atoms with Gasteiger partial charge < -0.3 is 9.64 Å². The van der Waals surface area contributed by atoms with Crippen LogP contribution in [-0.4, -0.2) is 50.9 Å². The van der Waals surface area contributed by atoms with E-state index in [-0.39, 0.29) is 6.42 Å². The maximum absolute atomic E-state index is 14.1. The molecule has 9 heteroatoms. The van der Waals surface area contributed by atoms with Crippen LogP contribution in [0, 0.1) is 5.82 Å². The molecule has 0 bridgehead atoms. The molecule has 0 spiro atoms. The Bertz CT molecular complexity index is 1060. The highest BCUT2D eigenvalue weighted by Crippen LogP contribution is 2.15. The largest absolute Gasteiger partial charge is 0.454 e. The third kappa shape index (κ3) is 7.28. The SMILES string of the molecule is C=C(C)CN(CC)C(=O)COC(=O)C(Cc1ccccc1)NS(=O)(=O)c1ccccc1F. The highest BCUT2D eigenvalue weighted by molar-refractivity contribution is 7.89. The summed E-state index contributed by atoms with van der Waals surface area (Å²) in [6.45, 7) is 7.49. The fourth-order valence-corrected chi connectivity index (χ4v) is 4.23. The van der Waals surface area contributed by atoms with Crippen molar-refractivity contribution < 1.29 is 27.1 Å². The van der Waals surface area contributed by atoms with Crippen molar-refractivity contribution in [3.8, 4) is 0 Å². The Kier molecular flexibility index (Phi) is 9.10. The van der Waals surface area contributed by atoms with Crippen LogP contribution in [0.4, 0.5) is 4.39 Å². The second-order valence-electron chi connectivity index (χ2n) is 7.27. The molecule has 0 saturated heterocycles. The van der Waals surface area contributed by atoms with Gasteiger partial charge in [-0.2, -0.15) is 4.72 Å². The standard InChI is InChI=1S/C23H27FN2O5S/c1-4-26(15-17(2)3)22(27)16-31-23(28)20(14-18-10-6-5-7-11-18)25-32(29,30)21-13-9-8-12-19(21)24/h5-13,20,25H,2,4,14-16H2,1,3H3. The van der Waals surface area contributed by atoms with E-state index < -0.39 is 45.3 Å². The van der Waals surface area contributed by atoms with E-state index in [1.54, 1.807) is 44.2 Å². The van der Waals surface area contributed by atoms with Crippen LogP contribution in [-0.2, 0) is 30.8 Å². The lowest BCUT2D eigenvalue weighted by Gasteiger charge is -2.22. The van der Waals surface area contributed by atoms with Gasteiger partial charge in [-0.3, -0.25) is 9.59 Å². The lowest BCUT2D eigenvalue weighted by molar-refractivity contribution is -0.153. The first-order chi connectivity index (χ1) is 15.1. The van der Waals surface area contributed by atoms with E-state index in [0.717, 1.165) is 17.7 Å². The number of carbonyl (C=O) groups excluding carboxylic acids is 2. The van der Waals surface area contributed by atoms with Crippen LogP contribution in [0.5, 0.6) is 0 Å². The Morgan fingerprint density at radius 3 is 2.34 bits per heavy atom. The van der Waals surface area contributed by atoms with E-state index in [1.165, 1.54) is 17.0 Å². The van der Waals surface area contributed by atoms with Crippen LogP contribution in [0.15, 0.2) is 71.6 Å². The van der Waals surface area contributed by atoms with Gasteiger partial charge in [-0.25, -0.2) is 12.8 Å². The maximum Gasteiger partial charge on any atom is 0.325 e. The van der Waals surface area contributed by atoms with Crippen molar-refractivity contribution >= 4 is 21.9 Å². The van der Waals surface area contributed by atoms with Gasteiger partial charge in [0.1, 0.15) is 16.8 Å². The Morgan fingerprint density at radius 1 is 1.12 bits per heavy atom. The normalized spacial score (nSPS) is 12.1. The summed E-state index contributed by atoms with van der Waals surface area (Å²) in [7, 11) is -4.36. The number of hydrogen-bond donors (Lipinski definition) is 1. The maximum atomic E-state index is 14.1. The van der Waals surface area contributed by atoms with E-state index in [2.05, 4.69) is 11.3 Å². The number of sulfonamides is 1. The van der Waals surface area contributed by atoms with Gasteiger partial charge in [-0.1, -0.05) is 54.6 Å². The molecule has 0 aliphatic rings. The highest BCUT2D eigenvalue weighted by atomic mass is 32.2. The molecule has 0 heterocycles. The molecule has 0 aromatic heterocycles. The van der Waals surface area contributed by atoms with Gasteiger partial charge in [0.05, 0.1) is 0 Å². The second-order valence-corrected chi connectivity index (χ2v) is 8.95. The summed E-state index contributed by atoms with van der Waals surface area (Å²) in [5, 5.41) is 0. The molecule has 172 valence electrons. The predicted molar refractivity (Wildman–Crippen MR) is 119 cm³/mol. The lowest BCUT2D eigenvalue weighted by Crippen LogP contribution is -2.45. The number of benzene rings is 2. The van der Waals surface area contributed by atoms with Gasteiger partial charge in [0.15, 0.2) is 6.61 Å². The van der Waals surface area contributed by atoms with Gasteiger partial charge in [0.2, 0.25) is 10.0 Å².